The van der Waals surface area contributed by atoms with E-state index in [9.17, 15) is 4.79 Å². The Balaban J connectivity index is 2.29. The minimum absolute atomic E-state index is 0.0638. The molecule has 4 nitrogen and oxygen atoms in total. The number of hydrogen-bond donors (Lipinski definition) is 0. The molecule has 0 aromatic carbocycles. The molecule has 0 aromatic heterocycles. The van der Waals surface area contributed by atoms with Crippen LogP contribution < -0.4 is 0 Å². The van der Waals surface area contributed by atoms with E-state index in [1.54, 1.807) is 4.90 Å². The van der Waals surface area contributed by atoms with Gasteiger partial charge in [-0.05, 0) is 20.8 Å². The average molecular weight is 201 g/mol. The normalized spacial score (nSPS) is 22.9. The van der Waals surface area contributed by atoms with Gasteiger partial charge in [-0.25, -0.2) is 0 Å². The molecule has 1 amide bonds. The summed E-state index contributed by atoms with van der Waals surface area (Å²) in [5, 5.41) is 0. The lowest BCUT2D eigenvalue weighted by atomic mass is 10.3. The molecule has 0 aromatic rings. The zero-order valence-corrected chi connectivity index (χ0v) is 9.16. The predicted molar refractivity (Wildman–Crippen MR) is 53.1 cm³/mol. The predicted octanol–water partition coefficient (Wildman–Crippen LogP) is 0.659. The van der Waals surface area contributed by atoms with Gasteiger partial charge in [-0.2, -0.15) is 0 Å². The van der Waals surface area contributed by atoms with Crippen LogP contribution in [0.15, 0.2) is 0 Å². The molecule has 0 bridgehead atoms. The largest absolute Gasteiger partial charge is 0.375 e. The van der Waals surface area contributed by atoms with Gasteiger partial charge in [-0.15, -0.1) is 0 Å². The Hall–Kier alpha value is -0.610. The second kappa shape index (κ2) is 5.32. The summed E-state index contributed by atoms with van der Waals surface area (Å²) >= 11 is 0. The molecule has 0 radical (unpaired) electrons. The molecule has 1 aliphatic rings. The first-order chi connectivity index (χ1) is 6.59. The Morgan fingerprint density at radius 1 is 1.64 bits per heavy atom. The first kappa shape index (κ1) is 11.5. The Morgan fingerprint density at radius 2 is 2.36 bits per heavy atom. The highest BCUT2D eigenvalue weighted by Gasteiger charge is 2.21. The molecule has 0 saturated carbocycles. The molecule has 1 saturated heterocycles. The van der Waals surface area contributed by atoms with E-state index in [-0.39, 0.29) is 24.7 Å². The minimum atomic E-state index is 0.0638. The highest BCUT2D eigenvalue weighted by Crippen LogP contribution is 2.04. The first-order valence-corrected chi connectivity index (χ1v) is 5.10. The van der Waals surface area contributed by atoms with Gasteiger partial charge in [0.25, 0.3) is 0 Å². The Morgan fingerprint density at radius 3 is 2.93 bits per heavy atom. The van der Waals surface area contributed by atoms with Gasteiger partial charge in [0.2, 0.25) is 5.91 Å². The van der Waals surface area contributed by atoms with E-state index in [1.807, 2.05) is 20.8 Å². The maximum Gasteiger partial charge on any atom is 0.248 e. The highest BCUT2D eigenvalue weighted by atomic mass is 16.5. The summed E-state index contributed by atoms with van der Waals surface area (Å²) in [7, 11) is 0. The molecule has 1 atom stereocenters. The van der Waals surface area contributed by atoms with E-state index in [2.05, 4.69) is 0 Å². The van der Waals surface area contributed by atoms with E-state index in [0.717, 1.165) is 0 Å². The Kier molecular flexibility index (Phi) is 4.35. The third-order valence-electron chi connectivity index (χ3n) is 2.13. The lowest BCUT2D eigenvalue weighted by Gasteiger charge is -2.31. The lowest BCUT2D eigenvalue weighted by molar-refractivity contribution is -0.144. The fourth-order valence-corrected chi connectivity index (χ4v) is 1.37. The monoisotopic (exact) mass is 201 g/mol. The number of amides is 1. The molecule has 1 fully saturated rings. The average Bonchev–Trinajstić information content (AvgIpc) is 2.14. The second-order valence-electron chi connectivity index (χ2n) is 3.88. The zero-order chi connectivity index (χ0) is 10.6. The van der Waals surface area contributed by atoms with Crippen molar-refractivity contribution in [3.8, 4) is 0 Å². The third-order valence-corrected chi connectivity index (χ3v) is 2.13. The van der Waals surface area contributed by atoms with Crippen molar-refractivity contribution in [3.63, 3.8) is 0 Å². The molecule has 4 heteroatoms. The van der Waals surface area contributed by atoms with Crippen LogP contribution in [0, 0.1) is 0 Å². The van der Waals surface area contributed by atoms with Crippen LogP contribution in [0.2, 0.25) is 0 Å². The van der Waals surface area contributed by atoms with Crippen LogP contribution in [0.5, 0.6) is 0 Å². The number of carbonyl (C=O) groups is 1. The van der Waals surface area contributed by atoms with Crippen LogP contribution in [-0.2, 0) is 14.3 Å². The van der Waals surface area contributed by atoms with Crippen LogP contribution in [-0.4, -0.2) is 49.3 Å². The van der Waals surface area contributed by atoms with E-state index in [0.29, 0.717) is 19.7 Å². The molecule has 0 spiro atoms. The van der Waals surface area contributed by atoms with Crippen molar-refractivity contribution in [2.24, 2.45) is 0 Å². The number of hydrogen-bond acceptors (Lipinski definition) is 3. The standard InChI is InChI=1S/C10H19NO3/c1-8(2)14-7-10(12)11-4-5-13-9(3)6-11/h8-9H,4-7H2,1-3H3. The van der Waals surface area contributed by atoms with Crippen molar-refractivity contribution < 1.29 is 14.3 Å². The van der Waals surface area contributed by atoms with E-state index in [4.69, 9.17) is 9.47 Å². The summed E-state index contributed by atoms with van der Waals surface area (Å²) in [5.41, 5.74) is 0. The van der Waals surface area contributed by atoms with Crippen molar-refractivity contribution >= 4 is 5.91 Å². The fraction of sp³-hybridized carbons (Fsp3) is 0.900. The molecule has 0 aliphatic carbocycles. The number of nitrogens with zero attached hydrogens (tertiary/aromatic N) is 1. The molecule has 1 aliphatic heterocycles. The highest BCUT2D eigenvalue weighted by molar-refractivity contribution is 5.77. The zero-order valence-electron chi connectivity index (χ0n) is 9.16. The molecule has 82 valence electrons. The summed E-state index contributed by atoms with van der Waals surface area (Å²) in [6, 6.07) is 0. The van der Waals surface area contributed by atoms with Crippen molar-refractivity contribution in [2.45, 2.75) is 33.0 Å². The van der Waals surface area contributed by atoms with Crippen molar-refractivity contribution in [2.75, 3.05) is 26.3 Å². The Labute approximate surface area is 85.2 Å². The Bertz CT molecular complexity index is 194. The minimum Gasteiger partial charge on any atom is -0.375 e. The van der Waals surface area contributed by atoms with E-state index < -0.39 is 0 Å². The van der Waals surface area contributed by atoms with Gasteiger partial charge in [0, 0.05) is 13.1 Å². The molecular formula is C10H19NO3. The second-order valence-corrected chi connectivity index (χ2v) is 3.88. The number of morpholine rings is 1. The summed E-state index contributed by atoms with van der Waals surface area (Å²) < 4.78 is 10.6. The number of carbonyl (C=O) groups excluding carboxylic acids is 1. The fourth-order valence-electron chi connectivity index (χ4n) is 1.37. The van der Waals surface area contributed by atoms with Crippen LogP contribution in [0.1, 0.15) is 20.8 Å². The van der Waals surface area contributed by atoms with Gasteiger partial charge < -0.3 is 14.4 Å². The van der Waals surface area contributed by atoms with Crippen molar-refractivity contribution in [1.29, 1.82) is 0 Å². The maximum absolute atomic E-state index is 11.6. The van der Waals surface area contributed by atoms with Crippen LogP contribution in [0.3, 0.4) is 0 Å². The SMILES string of the molecule is CC(C)OCC(=O)N1CCOC(C)C1. The van der Waals surface area contributed by atoms with E-state index >= 15 is 0 Å². The van der Waals surface area contributed by atoms with Gasteiger partial charge in [-0.1, -0.05) is 0 Å². The smallest absolute Gasteiger partial charge is 0.248 e. The van der Waals surface area contributed by atoms with Gasteiger partial charge in [0.05, 0.1) is 18.8 Å². The molecular weight excluding hydrogens is 182 g/mol. The third kappa shape index (κ3) is 3.64. The van der Waals surface area contributed by atoms with Crippen molar-refractivity contribution in [3.05, 3.63) is 0 Å². The molecule has 14 heavy (non-hydrogen) atoms. The quantitative estimate of drug-likeness (QED) is 0.673. The topological polar surface area (TPSA) is 38.8 Å². The number of ether oxygens (including phenoxy) is 2. The van der Waals surface area contributed by atoms with Gasteiger partial charge >= 0.3 is 0 Å². The van der Waals surface area contributed by atoms with Gasteiger partial charge in [-0.3, -0.25) is 4.79 Å². The molecule has 1 rings (SSSR count). The van der Waals surface area contributed by atoms with Crippen molar-refractivity contribution in [1.82, 2.24) is 4.90 Å². The first-order valence-electron chi connectivity index (χ1n) is 5.10. The lowest BCUT2D eigenvalue weighted by Crippen LogP contribution is -2.46. The molecule has 1 heterocycles. The molecule has 0 N–H and O–H groups in total. The van der Waals surface area contributed by atoms with Crippen LogP contribution >= 0.6 is 0 Å². The summed E-state index contributed by atoms with van der Waals surface area (Å²) in [6.07, 6.45) is 0.254. The van der Waals surface area contributed by atoms with Gasteiger partial charge in [0.1, 0.15) is 6.61 Å². The molecule has 1 unspecified atom stereocenters. The van der Waals surface area contributed by atoms with E-state index in [1.165, 1.54) is 0 Å². The summed E-state index contributed by atoms with van der Waals surface area (Å²) in [6.45, 7) is 8.01. The summed E-state index contributed by atoms with van der Waals surface area (Å²) in [4.78, 5) is 13.4. The summed E-state index contributed by atoms with van der Waals surface area (Å²) in [5.74, 6) is 0.0638. The van der Waals surface area contributed by atoms with Crippen LogP contribution in [0.25, 0.3) is 0 Å². The van der Waals surface area contributed by atoms with Crippen LogP contribution in [0.4, 0.5) is 0 Å². The van der Waals surface area contributed by atoms with Gasteiger partial charge in [0.15, 0.2) is 0 Å². The number of rotatable bonds is 3. The maximum atomic E-state index is 11.6.